The smallest absolute Gasteiger partial charge is 0.233 e. The highest BCUT2D eigenvalue weighted by Gasteiger charge is 2.19. The van der Waals surface area contributed by atoms with E-state index in [1.54, 1.807) is 4.68 Å². The van der Waals surface area contributed by atoms with Crippen LogP contribution in [0, 0.1) is 13.8 Å². The van der Waals surface area contributed by atoms with Gasteiger partial charge in [0.15, 0.2) is 0 Å². The standard InChI is InChI=1S/C20H23N5OS/c1-14-11-15(2)13-18(12-14)25-20(22-23-24-25)27-16(3)19(26)21-10-9-17-7-5-4-6-8-17/h4-8,11-13,16H,9-10H2,1-3H3,(H,21,26)/t16-/m1/s1. The topological polar surface area (TPSA) is 72.7 Å². The van der Waals surface area contributed by atoms with Gasteiger partial charge in [0, 0.05) is 6.54 Å². The van der Waals surface area contributed by atoms with E-state index in [-0.39, 0.29) is 11.2 Å². The summed E-state index contributed by atoms with van der Waals surface area (Å²) in [5.74, 6) is -0.0223. The number of nitrogens with zero attached hydrogens (tertiary/aromatic N) is 4. The van der Waals surface area contributed by atoms with Gasteiger partial charge in [-0.1, -0.05) is 48.2 Å². The summed E-state index contributed by atoms with van der Waals surface area (Å²) in [5.41, 5.74) is 4.39. The molecule has 0 saturated heterocycles. The molecule has 6 nitrogen and oxygen atoms in total. The predicted octanol–water partition coefficient (Wildman–Crippen LogP) is 3.12. The van der Waals surface area contributed by atoms with Crippen LogP contribution >= 0.6 is 11.8 Å². The maximum Gasteiger partial charge on any atom is 0.233 e. The molecule has 0 aliphatic rings. The molecule has 1 atom stereocenters. The van der Waals surface area contributed by atoms with Gasteiger partial charge in [-0.3, -0.25) is 4.79 Å². The number of benzene rings is 2. The summed E-state index contributed by atoms with van der Waals surface area (Å²) in [4.78, 5) is 12.4. The molecule has 3 rings (SSSR count). The minimum Gasteiger partial charge on any atom is -0.355 e. The number of aryl methyl sites for hydroxylation is 2. The molecule has 0 radical (unpaired) electrons. The summed E-state index contributed by atoms with van der Waals surface area (Å²) < 4.78 is 1.68. The van der Waals surface area contributed by atoms with E-state index in [1.165, 1.54) is 17.3 Å². The number of nitrogens with one attached hydrogen (secondary N) is 1. The van der Waals surface area contributed by atoms with Crippen molar-refractivity contribution in [3.63, 3.8) is 0 Å². The van der Waals surface area contributed by atoms with Crippen molar-refractivity contribution in [2.24, 2.45) is 0 Å². The van der Waals surface area contributed by atoms with Crippen molar-refractivity contribution in [1.29, 1.82) is 0 Å². The zero-order chi connectivity index (χ0) is 19.2. The Morgan fingerprint density at radius 1 is 1.15 bits per heavy atom. The first-order valence-corrected chi connectivity index (χ1v) is 9.76. The van der Waals surface area contributed by atoms with E-state index in [0.29, 0.717) is 11.7 Å². The fourth-order valence-corrected chi connectivity index (χ4v) is 3.65. The first kappa shape index (κ1) is 19.1. The van der Waals surface area contributed by atoms with Crippen LogP contribution in [-0.2, 0) is 11.2 Å². The number of hydrogen-bond acceptors (Lipinski definition) is 5. The predicted molar refractivity (Wildman–Crippen MR) is 107 cm³/mol. The lowest BCUT2D eigenvalue weighted by atomic mass is 10.1. The average molecular weight is 382 g/mol. The van der Waals surface area contributed by atoms with Gasteiger partial charge in [-0.2, -0.15) is 4.68 Å². The maximum atomic E-state index is 12.4. The molecule has 1 heterocycles. The highest BCUT2D eigenvalue weighted by atomic mass is 32.2. The molecular formula is C20H23N5OS. The van der Waals surface area contributed by atoms with Gasteiger partial charge in [-0.05, 0) is 66.4 Å². The number of rotatable bonds is 7. The van der Waals surface area contributed by atoms with Crippen molar-refractivity contribution < 1.29 is 4.79 Å². The third-order valence-electron chi connectivity index (χ3n) is 4.10. The van der Waals surface area contributed by atoms with Gasteiger partial charge >= 0.3 is 0 Å². The van der Waals surface area contributed by atoms with E-state index in [4.69, 9.17) is 0 Å². The van der Waals surface area contributed by atoms with E-state index in [0.717, 1.165) is 23.2 Å². The largest absolute Gasteiger partial charge is 0.355 e. The fourth-order valence-electron chi connectivity index (χ4n) is 2.82. The molecule has 0 unspecified atom stereocenters. The Balaban J connectivity index is 1.60. The molecule has 0 fully saturated rings. The Kier molecular flexibility index (Phi) is 6.24. The highest BCUT2D eigenvalue weighted by molar-refractivity contribution is 8.00. The van der Waals surface area contributed by atoms with Gasteiger partial charge in [0.2, 0.25) is 11.1 Å². The second-order valence-corrected chi connectivity index (χ2v) is 7.81. The number of thioether (sulfide) groups is 1. The lowest BCUT2D eigenvalue weighted by Crippen LogP contribution is -2.32. The summed E-state index contributed by atoms with van der Waals surface area (Å²) in [7, 11) is 0. The van der Waals surface area contributed by atoms with E-state index in [9.17, 15) is 4.79 Å². The van der Waals surface area contributed by atoms with Gasteiger partial charge in [0.05, 0.1) is 10.9 Å². The molecule has 0 bridgehead atoms. The molecule has 1 aromatic heterocycles. The zero-order valence-corrected chi connectivity index (χ0v) is 16.5. The SMILES string of the molecule is Cc1cc(C)cc(-n2nnnc2S[C@H](C)C(=O)NCCc2ccccc2)c1. The summed E-state index contributed by atoms with van der Waals surface area (Å²) in [6.45, 7) is 6.55. The second-order valence-electron chi connectivity index (χ2n) is 6.51. The van der Waals surface area contributed by atoms with Crippen molar-refractivity contribution in [3.8, 4) is 5.69 Å². The molecule has 0 spiro atoms. The van der Waals surface area contributed by atoms with Gasteiger partial charge in [-0.25, -0.2) is 0 Å². The third-order valence-corrected chi connectivity index (χ3v) is 5.13. The third kappa shape index (κ3) is 5.17. The maximum absolute atomic E-state index is 12.4. The number of carbonyl (C=O) groups is 1. The van der Waals surface area contributed by atoms with Crippen LogP contribution in [0.2, 0.25) is 0 Å². The van der Waals surface area contributed by atoms with Crippen molar-refractivity contribution >= 4 is 17.7 Å². The number of carbonyl (C=O) groups excluding carboxylic acids is 1. The van der Waals surface area contributed by atoms with Crippen LogP contribution < -0.4 is 5.32 Å². The van der Waals surface area contributed by atoms with Crippen molar-refractivity contribution in [1.82, 2.24) is 25.5 Å². The Bertz CT molecular complexity index is 889. The van der Waals surface area contributed by atoms with Gasteiger partial charge < -0.3 is 5.32 Å². The first-order valence-electron chi connectivity index (χ1n) is 8.88. The van der Waals surface area contributed by atoms with Crippen LogP contribution in [0.15, 0.2) is 53.7 Å². The molecule has 1 N–H and O–H groups in total. The lowest BCUT2D eigenvalue weighted by molar-refractivity contribution is -0.120. The molecule has 140 valence electrons. The van der Waals surface area contributed by atoms with Crippen LogP contribution in [0.5, 0.6) is 0 Å². The number of aromatic nitrogens is 4. The Morgan fingerprint density at radius 2 is 1.85 bits per heavy atom. The van der Waals surface area contributed by atoms with Crippen molar-refractivity contribution in [2.75, 3.05) is 6.54 Å². The number of amides is 1. The highest BCUT2D eigenvalue weighted by Crippen LogP contribution is 2.24. The minimum atomic E-state index is -0.295. The molecule has 1 amide bonds. The van der Waals surface area contributed by atoms with E-state index >= 15 is 0 Å². The minimum absolute atomic E-state index is 0.0223. The summed E-state index contributed by atoms with van der Waals surface area (Å²) in [5, 5.41) is 15.2. The van der Waals surface area contributed by atoms with Crippen LogP contribution in [0.4, 0.5) is 0 Å². The van der Waals surface area contributed by atoms with Gasteiger partial charge in [-0.15, -0.1) is 5.10 Å². The first-order chi connectivity index (χ1) is 13.0. The van der Waals surface area contributed by atoms with Crippen LogP contribution in [0.1, 0.15) is 23.6 Å². The van der Waals surface area contributed by atoms with Crippen LogP contribution in [0.3, 0.4) is 0 Å². The monoisotopic (exact) mass is 381 g/mol. The van der Waals surface area contributed by atoms with Crippen LogP contribution in [-0.4, -0.2) is 37.9 Å². The molecule has 0 aliphatic carbocycles. The van der Waals surface area contributed by atoms with Gasteiger partial charge in [0.1, 0.15) is 0 Å². The van der Waals surface area contributed by atoms with Gasteiger partial charge in [0.25, 0.3) is 0 Å². The fraction of sp³-hybridized carbons (Fsp3) is 0.300. The molecule has 7 heteroatoms. The molecule has 0 saturated carbocycles. The van der Waals surface area contributed by atoms with Crippen molar-refractivity contribution in [3.05, 3.63) is 65.2 Å². The average Bonchev–Trinajstić information content (AvgIpc) is 3.10. The molecular weight excluding hydrogens is 358 g/mol. The summed E-state index contributed by atoms with van der Waals surface area (Å²) >= 11 is 1.35. The van der Waals surface area contributed by atoms with E-state index in [1.807, 2.05) is 51.1 Å². The summed E-state index contributed by atoms with van der Waals surface area (Å²) in [6, 6.07) is 16.3. The number of tetrazole rings is 1. The normalized spacial score (nSPS) is 12.0. The zero-order valence-electron chi connectivity index (χ0n) is 15.7. The van der Waals surface area contributed by atoms with E-state index < -0.39 is 0 Å². The lowest BCUT2D eigenvalue weighted by Gasteiger charge is -2.12. The Morgan fingerprint density at radius 3 is 2.56 bits per heavy atom. The second kappa shape index (κ2) is 8.81. The van der Waals surface area contributed by atoms with Crippen molar-refractivity contribution in [2.45, 2.75) is 37.6 Å². The number of hydrogen-bond donors (Lipinski definition) is 1. The molecule has 0 aliphatic heterocycles. The van der Waals surface area contributed by atoms with Crippen LogP contribution in [0.25, 0.3) is 5.69 Å². The molecule has 3 aromatic rings. The quantitative estimate of drug-likeness (QED) is 0.637. The summed E-state index contributed by atoms with van der Waals surface area (Å²) in [6.07, 6.45) is 0.810. The van der Waals surface area contributed by atoms with E-state index in [2.05, 4.69) is 39.0 Å². The Labute approximate surface area is 163 Å². The molecule has 2 aromatic carbocycles. The molecule has 27 heavy (non-hydrogen) atoms. The Hall–Kier alpha value is -2.67.